The molecule has 34 heavy (non-hydrogen) atoms. The molecular formula is C25H27N3O6. The van der Waals surface area contributed by atoms with Crippen LogP contribution in [0.4, 0.5) is 5.69 Å². The Hall–Kier alpha value is -3.59. The number of carbonyl (C=O) groups excluding carboxylic acids is 3. The Bertz CT molecular complexity index is 1140. The van der Waals surface area contributed by atoms with Gasteiger partial charge in [-0.25, -0.2) is 0 Å². The topological polar surface area (TPSA) is 97.4 Å². The minimum atomic E-state index is -0.671. The van der Waals surface area contributed by atoms with Crippen LogP contribution in [0.5, 0.6) is 11.5 Å². The summed E-state index contributed by atoms with van der Waals surface area (Å²) >= 11 is 0. The number of carbonyl (C=O) groups is 3. The van der Waals surface area contributed by atoms with Crippen LogP contribution in [0.3, 0.4) is 0 Å². The molecule has 9 heteroatoms. The third kappa shape index (κ3) is 3.56. The highest BCUT2D eigenvalue weighted by atomic mass is 16.5. The summed E-state index contributed by atoms with van der Waals surface area (Å²) in [5.41, 5.74) is 1.97. The number of rotatable bonds is 7. The van der Waals surface area contributed by atoms with E-state index in [0.29, 0.717) is 40.4 Å². The predicted molar refractivity (Wildman–Crippen MR) is 123 cm³/mol. The van der Waals surface area contributed by atoms with Gasteiger partial charge in [-0.05, 0) is 31.0 Å². The smallest absolute Gasteiger partial charge is 0.264 e. The Labute approximate surface area is 197 Å². The van der Waals surface area contributed by atoms with E-state index in [0.717, 1.165) is 19.4 Å². The van der Waals surface area contributed by atoms with Gasteiger partial charge in [0.25, 0.3) is 11.8 Å². The number of nitrogens with one attached hydrogen (secondary N) is 1. The standard InChI is InChI=1S/C25H27N3O6/c1-32-19-10-9-17-21(22(19)33-2)25(31)28-18-8-4-3-7-16(18)24(30)27(23(17)28)12-11-20(29)26-14-15-6-5-13-34-15/h3-4,7-10,15,23H,5-6,11-14H2,1-2H3,(H,26,29)/t15-,23-/m1/s1. The molecule has 3 heterocycles. The van der Waals surface area contributed by atoms with Crippen molar-refractivity contribution in [3.63, 3.8) is 0 Å². The van der Waals surface area contributed by atoms with Crippen molar-refractivity contribution in [2.24, 2.45) is 0 Å². The zero-order chi connectivity index (χ0) is 23.8. The maximum Gasteiger partial charge on any atom is 0.264 e. The summed E-state index contributed by atoms with van der Waals surface area (Å²) in [5, 5.41) is 2.90. The number of benzene rings is 2. The van der Waals surface area contributed by atoms with Gasteiger partial charge in [-0.1, -0.05) is 18.2 Å². The Morgan fingerprint density at radius 2 is 1.94 bits per heavy atom. The number of ether oxygens (including phenoxy) is 3. The number of hydrogen-bond acceptors (Lipinski definition) is 6. The molecule has 2 atom stereocenters. The third-order valence-electron chi connectivity index (χ3n) is 6.61. The summed E-state index contributed by atoms with van der Waals surface area (Å²) in [6.45, 7) is 1.34. The van der Waals surface area contributed by atoms with Crippen molar-refractivity contribution in [1.82, 2.24) is 10.2 Å². The van der Waals surface area contributed by atoms with Gasteiger partial charge >= 0.3 is 0 Å². The molecule has 2 aromatic carbocycles. The van der Waals surface area contributed by atoms with Crippen molar-refractivity contribution < 1.29 is 28.6 Å². The van der Waals surface area contributed by atoms with Crippen molar-refractivity contribution in [2.75, 3.05) is 38.8 Å². The van der Waals surface area contributed by atoms with E-state index in [1.54, 1.807) is 46.2 Å². The lowest BCUT2D eigenvalue weighted by atomic mass is 10.0. The molecular weight excluding hydrogens is 438 g/mol. The van der Waals surface area contributed by atoms with Crippen molar-refractivity contribution in [3.05, 3.63) is 53.1 Å². The second-order valence-electron chi connectivity index (χ2n) is 8.52. The SMILES string of the molecule is COc1ccc2c(c1OC)C(=O)N1c3ccccc3C(=O)N(CCC(=O)NC[C@H]3CCCO3)[C@@H]21. The molecule has 1 saturated heterocycles. The average molecular weight is 466 g/mol. The average Bonchev–Trinajstić information content (AvgIpc) is 3.48. The van der Waals surface area contributed by atoms with Crippen LogP contribution in [0, 0.1) is 0 Å². The van der Waals surface area contributed by atoms with Crippen molar-refractivity contribution >= 4 is 23.4 Å². The quantitative estimate of drug-likeness (QED) is 0.675. The van der Waals surface area contributed by atoms with E-state index in [4.69, 9.17) is 14.2 Å². The lowest BCUT2D eigenvalue weighted by Gasteiger charge is -2.40. The molecule has 178 valence electrons. The lowest BCUT2D eigenvalue weighted by Crippen LogP contribution is -2.49. The monoisotopic (exact) mass is 465 g/mol. The Balaban J connectivity index is 1.46. The van der Waals surface area contributed by atoms with Gasteiger partial charge in [0.1, 0.15) is 6.17 Å². The molecule has 5 rings (SSSR count). The van der Waals surface area contributed by atoms with Gasteiger partial charge in [0.2, 0.25) is 5.91 Å². The first kappa shape index (κ1) is 22.2. The number of amides is 3. The molecule has 1 N–H and O–H groups in total. The van der Waals surface area contributed by atoms with Crippen LogP contribution in [-0.4, -0.2) is 62.6 Å². The van der Waals surface area contributed by atoms with E-state index in [-0.39, 0.29) is 36.8 Å². The van der Waals surface area contributed by atoms with Gasteiger partial charge in [0.05, 0.1) is 37.1 Å². The number of nitrogens with zero attached hydrogens (tertiary/aromatic N) is 2. The van der Waals surface area contributed by atoms with Gasteiger partial charge in [0.15, 0.2) is 11.5 Å². The van der Waals surface area contributed by atoms with Crippen LogP contribution < -0.4 is 19.7 Å². The van der Waals surface area contributed by atoms with Gasteiger partial charge < -0.3 is 24.4 Å². The van der Waals surface area contributed by atoms with Crippen LogP contribution in [0.15, 0.2) is 36.4 Å². The number of methoxy groups -OCH3 is 2. The normalized spacial score (nSPS) is 20.6. The van der Waals surface area contributed by atoms with E-state index in [2.05, 4.69) is 5.32 Å². The fourth-order valence-electron chi connectivity index (χ4n) is 4.99. The maximum absolute atomic E-state index is 13.6. The van der Waals surface area contributed by atoms with Crippen molar-refractivity contribution in [2.45, 2.75) is 31.5 Å². The van der Waals surface area contributed by atoms with E-state index >= 15 is 0 Å². The second-order valence-corrected chi connectivity index (χ2v) is 8.52. The van der Waals surface area contributed by atoms with Crippen LogP contribution in [0.1, 0.15) is 51.7 Å². The van der Waals surface area contributed by atoms with Gasteiger partial charge in [-0.15, -0.1) is 0 Å². The molecule has 0 spiro atoms. The summed E-state index contributed by atoms with van der Waals surface area (Å²) < 4.78 is 16.5. The molecule has 9 nitrogen and oxygen atoms in total. The van der Waals surface area contributed by atoms with E-state index in [1.807, 2.05) is 0 Å². The minimum Gasteiger partial charge on any atom is -0.493 e. The molecule has 0 saturated carbocycles. The van der Waals surface area contributed by atoms with Gasteiger partial charge in [-0.2, -0.15) is 0 Å². The highest BCUT2D eigenvalue weighted by Crippen LogP contribution is 2.49. The fourth-order valence-corrected chi connectivity index (χ4v) is 4.99. The van der Waals surface area contributed by atoms with Crippen molar-refractivity contribution in [1.29, 1.82) is 0 Å². The Morgan fingerprint density at radius 1 is 1.12 bits per heavy atom. The van der Waals surface area contributed by atoms with E-state index in [1.165, 1.54) is 14.2 Å². The molecule has 0 aromatic heterocycles. The van der Waals surface area contributed by atoms with E-state index in [9.17, 15) is 14.4 Å². The minimum absolute atomic E-state index is 0.0460. The molecule has 0 radical (unpaired) electrons. The number of anilines is 1. The van der Waals surface area contributed by atoms with Gasteiger partial charge in [0, 0.05) is 31.7 Å². The van der Waals surface area contributed by atoms with Crippen LogP contribution in [0.25, 0.3) is 0 Å². The summed E-state index contributed by atoms with van der Waals surface area (Å²) in [7, 11) is 3.00. The first-order valence-electron chi connectivity index (χ1n) is 11.4. The lowest BCUT2D eigenvalue weighted by molar-refractivity contribution is -0.121. The molecule has 0 unspecified atom stereocenters. The Kier molecular flexibility index (Phi) is 5.87. The molecule has 0 aliphatic carbocycles. The van der Waals surface area contributed by atoms with Crippen LogP contribution in [-0.2, 0) is 9.53 Å². The fraction of sp³-hybridized carbons (Fsp3) is 0.400. The molecule has 3 aliphatic heterocycles. The first-order chi connectivity index (χ1) is 16.5. The van der Waals surface area contributed by atoms with Crippen LogP contribution >= 0.6 is 0 Å². The van der Waals surface area contributed by atoms with E-state index < -0.39 is 6.17 Å². The molecule has 2 aromatic rings. The van der Waals surface area contributed by atoms with Gasteiger partial charge in [-0.3, -0.25) is 19.3 Å². The maximum atomic E-state index is 13.6. The molecule has 3 aliphatic rings. The summed E-state index contributed by atoms with van der Waals surface area (Å²) in [4.78, 5) is 42.9. The number of fused-ring (bicyclic) bond motifs is 5. The molecule has 3 amide bonds. The second kappa shape index (κ2) is 8.98. The summed E-state index contributed by atoms with van der Waals surface area (Å²) in [5.74, 6) is 0.112. The predicted octanol–water partition coefficient (Wildman–Crippen LogP) is 2.50. The third-order valence-corrected chi connectivity index (χ3v) is 6.61. The zero-order valence-electron chi connectivity index (χ0n) is 19.2. The first-order valence-corrected chi connectivity index (χ1v) is 11.4. The van der Waals surface area contributed by atoms with Crippen molar-refractivity contribution in [3.8, 4) is 11.5 Å². The summed E-state index contributed by atoms with van der Waals surface area (Å²) in [6.07, 6.45) is 1.42. The Morgan fingerprint density at radius 3 is 2.68 bits per heavy atom. The highest BCUT2D eigenvalue weighted by Gasteiger charge is 2.49. The molecule has 0 bridgehead atoms. The number of para-hydroxylation sites is 1. The van der Waals surface area contributed by atoms with Crippen LogP contribution in [0.2, 0.25) is 0 Å². The highest BCUT2D eigenvalue weighted by molar-refractivity contribution is 6.18. The summed E-state index contributed by atoms with van der Waals surface area (Å²) in [6, 6.07) is 10.5. The molecule has 1 fully saturated rings. The zero-order valence-corrected chi connectivity index (χ0v) is 19.2. The largest absolute Gasteiger partial charge is 0.493 e. The number of hydrogen-bond donors (Lipinski definition) is 1.